The lowest BCUT2D eigenvalue weighted by molar-refractivity contribution is -0.115. The van der Waals surface area contributed by atoms with Crippen molar-refractivity contribution < 1.29 is 4.79 Å². The third kappa shape index (κ3) is 3.80. The van der Waals surface area contributed by atoms with Crippen molar-refractivity contribution in [1.29, 1.82) is 0 Å². The van der Waals surface area contributed by atoms with Crippen LogP contribution >= 0.6 is 0 Å². The zero-order valence-electron chi connectivity index (χ0n) is 14.7. The Kier molecular flexibility index (Phi) is 4.79. The molecule has 0 saturated heterocycles. The van der Waals surface area contributed by atoms with Crippen molar-refractivity contribution >= 4 is 11.6 Å². The van der Waals surface area contributed by atoms with Crippen LogP contribution in [0.4, 0.5) is 5.69 Å². The van der Waals surface area contributed by atoms with Gasteiger partial charge in [-0.25, -0.2) is 0 Å². The van der Waals surface area contributed by atoms with E-state index in [1.807, 2.05) is 91.0 Å². The lowest BCUT2D eigenvalue weighted by Gasteiger charge is -2.09. The predicted octanol–water partition coefficient (Wildman–Crippen LogP) is 4.92. The fraction of sp³-hybridized carbons (Fsp3) is 0.0435. The number of nitrogens with zero attached hydrogens (tertiary/aromatic N) is 1. The summed E-state index contributed by atoms with van der Waals surface area (Å²) in [7, 11) is 0. The van der Waals surface area contributed by atoms with Crippen LogP contribution in [0.25, 0.3) is 22.5 Å². The highest BCUT2D eigenvalue weighted by atomic mass is 16.1. The molecule has 3 aromatic carbocycles. The second-order valence-electron chi connectivity index (χ2n) is 6.26. The van der Waals surface area contributed by atoms with Gasteiger partial charge in [0, 0.05) is 11.1 Å². The molecule has 0 fully saturated rings. The number of aromatic amines is 1. The number of anilines is 1. The number of benzene rings is 3. The summed E-state index contributed by atoms with van der Waals surface area (Å²) in [6.45, 7) is 0. The van der Waals surface area contributed by atoms with E-state index in [1.165, 1.54) is 0 Å². The molecule has 4 nitrogen and oxygen atoms in total. The molecule has 0 atom stereocenters. The molecule has 1 amide bonds. The molecule has 4 heteroatoms. The van der Waals surface area contributed by atoms with Crippen molar-refractivity contribution in [3.63, 3.8) is 0 Å². The molecule has 132 valence electrons. The first kappa shape index (κ1) is 16.8. The van der Waals surface area contributed by atoms with E-state index in [0.717, 1.165) is 28.1 Å². The average molecular weight is 353 g/mol. The number of carbonyl (C=O) groups excluding carboxylic acids is 1. The highest BCUT2D eigenvalue weighted by molar-refractivity contribution is 6.00. The van der Waals surface area contributed by atoms with Crippen LogP contribution in [0, 0.1) is 0 Å². The Balaban J connectivity index is 1.70. The first-order valence-electron chi connectivity index (χ1n) is 8.84. The number of amides is 1. The number of aromatic nitrogens is 2. The topological polar surface area (TPSA) is 57.8 Å². The largest absolute Gasteiger partial charge is 0.322 e. The van der Waals surface area contributed by atoms with Gasteiger partial charge in [0.15, 0.2) is 0 Å². The first-order chi connectivity index (χ1) is 13.3. The Bertz CT molecular complexity index is 968. The predicted molar refractivity (Wildman–Crippen MR) is 108 cm³/mol. The fourth-order valence-corrected chi connectivity index (χ4v) is 3.05. The number of carbonyl (C=O) groups is 1. The minimum Gasteiger partial charge on any atom is -0.322 e. The summed E-state index contributed by atoms with van der Waals surface area (Å²) in [5.74, 6) is -0.0723. The van der Waals surface area contributed by atoms with E-state index in [9.17, 15) is 4.79 Å². The lowest BCUT2D eigenvalue weighted by atomic mass is 10.1. The molecule has 0 aliphatic heterocycles. The summed E-state index contributed by atoms with van der Waals surface area (Å²) in [6, 6.07) is 29.4. The Labute approximate surface area is 157 Å². The minimum absolute atomic E-state index is 0.0723. The van der Waals surface area contributed by atoms with Crippen LogP contribution in [-0.4, -0.2) is 16.1 Å². The maximum absolute atomic E-state index is 12.7. The van der Waals surface area contributed by atoms with Crippen LogP contribution in [0.2, 0.25) is 0 Å². The molecule has 0 aliphatic carbocycles. The molecule has 1 aromatic heterocycles. The van der Waals surface area contributed by atoms with Gasteiger partial charge in [0.1, 0.15) is 5.69 Å². The molecule has 0 radical (unpaired) electrons. The summed E-state index contributed by atoms with van der Waals surface area (Å²) in [4.78, 5) is 12.7. The van der Waals surface area contributed by atoms with Gasteiger partial charge in [-0.1, -0.05) is 91.0 Å². The van der Waals surface area contributed by atoms with Crippen LogP contribution in [0.1, 0.15) is 5.56 Å². The molecule has 0 spiro atoms. The van der Waals surface area contributed by atoms with Gasteiger partial charge in [-0.15, -0.1) is 0 Å². The molecule has 0 bridgehead atoms. The average Bonchev–Trinajstić information content (AvgIpc) is 3.13. The van der Waals surface area contributed by atoms with E-state index in [0.29, 0.717) is 12.1 Å². The quantitative estimate of drug-likeness (QED) is 0.535. The van der Waals surface area contributed by atoms with Gasteiger partial charge in [0.2, 0.25) is 5.91 Å². The minimum atomic E-state index is -0.0723. The van der Waals surface area contributed by atoms with Crippen LogP contribution in [-0.2, 0) is 11.2 Å². The zero-order chi connectivity index (χ0) is 18.5. The van der Waals surface area contributed by atoms with Gasteiger partial charge < -0.3 is 5.32 Å². The number of nitrogens with one attached hydrogen (secondary N) is 2. The van der Waals surface area contributed by atoms with Crippen LogP contribution < -0.4 is 5.32 Å². The SMILES string of the molecule is O=C(Cc1ccccc1)Nc1c(-c2ccccc2)n[nH]c1-c1ccccc1. The highest BCUT2D eigenvalue weighted by Crippen LogP contribution is 2.34. The smallest absolute Gasteiger partial charge is 0.228 e. The van der Waals surface area contributed by atoms with Crippen molar-refractivity contribution in [2.45, 2.75) is 6.42 Å². The molecular weight excluding hydrogens is 334 g/mol. The van der Waals surface area contributed by atoms with Gasteiger partial charge in [-0.05, 0) is 5.56 Å². The standard InChI is InChI=1S/C23H19N3O/c27-20(16-17-10-4-1-5-11-17)24-23-21(18-12-6-2-7-13-18)25-26-22(23)19-14-8-3-9-15-19/h1-15H,16H2,(H,24,27)(H,25,26). The second-order valence-corrected chi connectivity index (χ2v) is 6.26. The van der Waals surface area contributed by atoms with E-state index >= 15 is 0 Å². The normalized spacial score (nSPS) is 10.5. The summed E-state index contributed by atoms with van der Waals surface area (Å²) >= 11 is 0. The third-order valence-corrected chi connectivity index (χ3v) is 4.35. The monoisotopic (exact) mass is 353 g/mol. The molecule has 0 unspecified atom stereocenters. The number of hydrogen-bond donors (Lipinski definition) is 2. The molecule has 2 N–H and O–H groups in total. The molecule has 0 aliphatic rings. The maximum atomic E-state index is 12.7. The van der Waals surface area contributed by atoms with Crippen molar-refractivity contribution in [2.75, 3.05) is 5.32 Å². The number of rotatable bonds is 5. The Morgan fingerprint density at radius 3 is 1.96 bits per heavy atom. The van der Waals surface area contributed by atoms with E-state index in [-0.39, 0.29) is 5.91 Å². The molecular formula is C23H19N3O. The van der Waals surface area contributed by atoms with Gasteiger partial charge >= 0.3 is 0 Å². The van der Waals surface area contributed by atoms with Gasteiger partial charge in [0.05, 0.1) is 17.8 Å². The maximum Gasteiger partial charge on any atom is 0.228 e. The van der Waals surface area contributed by atoms with E-state index < -0.39 is 0 Å². The lowest BCUT2D eigenvalue weighted by Crippen LogP contribution is -2.15. The van der Waals surface area contributed by atoms with Gasteiger partial charge in [0.25, 0.3) is 0 Å². The Morgan fingerprint density at radius 1 is 0.778 bits per heavy atom. The Hall–Kier alpha value is -3.66. The van der Waals surface area contributed by atoms with Gasteiger partial charge in [-0.2, -0.15) is 5.10 Å². The third-order valence-electron chi connectivity index (χ3n) is 4.35. The summed E-state index contributed by atoms with van der Waals surface area (Å²) in [5.41, 5.74) is 5.13. The first-order valence-corrected chi connectivity index (χ1v) is 8.84. The van der Waals surface area contributed by atoms with Crippen LogP contribution in [0.15, 0.2) is 91.0 Å². The van der Waals surface area contributed by atoms with E-state index in [4.69, 9.17) is 0 Å². The second kappa shape index (κ2) is 7.70. The van der Waals surface area contributed by atoms with Gasteiger partial charge in [-0.3, -0.25) is 9.89 Å². The highest BCUT2D eigenvalue weighted by Gasteiger charge is 2.18. The van der Waals surface area contributed by atoms with Crippen LogP contribution in [0.5, 0.6) is 0 Å². The zero-order valence-corrected chi connectivity index (χ0v) is 14.7. The van der Waals surface area contributed by atoms with Crippen molar-refractivity contribution in [3.05, 3.63) is 96.6 Å². The molecule has 0 saturated carbocycles. The van der Waals surface area contributed by atoms with Crippen molar-refractivity contribution in [1.82, 2.24) is 10.2 Å². The summed E-state index contributed by atoms with van der Waals surface area (Å²) in [6.07, 6.45) is 0.314. The molecule has 4 aromatic rings. The van der Waals surface area contributed by atoms with Crippen LogP contribution in [0.3, 0.4) is 0 Å². The number of H-pyrrole nitrogens is 1. The van der Waals surface area contributed by atoms with E-state index in [1.54, 1.807) is 0 Å². The molecule has 27 heavy (non-hydrogen) atoms. The van der Waals surface area contributed by atoms with Crippen molar-refractivity contribution in [2.24, 2.45) is 0 Å². The summed E-state index contributed by atoms with van der Waals surface area (Å²) in [5, 5.41) is 10.6. The number of hydrogen-bond acceptors (Lipinski definition) is 2. The molecule has 1 heterocycles. The molecule has 4 rings (SSSR count). The fourth-order valence-electron chi connectivity index (χ4n) is 3.05. The van der Waals surface area contributed by atoms with E-state index in [2.05, 4.69) is 15.5 Å². The summed E-state index contributed by atoms with van der Waals surface area (Å²) < 4.78 is 0. The Morgan fingerprint density at radius 2 is 1.33 bits per heavy atom. The van der Waals surface area contributed by atoms with Crippen molar-refractivity contribution in [3.8, 4) is 22.5 Å².